The molecule has 1 unspecified atom stereocenters. The van der Waals surface area contributed by atoms with Crippen LogP contribution in [0.3, 0.4) is 0 Å². The number of hydrogen-bond donors (Lipinski definition) is 1. The minimum atomic E-state index is -0.841. The maximum Gasteiger partial charge on any atom is 0.253 e. The van der Waals surface area contributed by atoms with E-state index in [1.165, 1.54) is 0 Å². The molecule has 1 N–H and O–H groups in total. The van der Waals surface area contributed by atoms with Gasteiger partial charge in [-0.25, -0.2) is 0 Å². The number of hydrogen-bond acceptors (Lipinski definition) is 5. The minimum absolute atomic E-state index is 0.0256. The molecule has 1 aromatic carbocycles. The number of carbonyl (C=O) groups is 1. The fourth-order valence-electron chi connectivity index (χ4n) is 3.90. The fraction of sp³-hybridized carbons (Fsp3) is 0.579. The lowest BCUT2D eigenvalue weighted by atomic mass is 9.77. The fourth-order valence-corrected chi connectivity index (χ4v) is 3.90. The van der Waals surface area contributed by atoms with Gasteiger partial charge in [-0.15, -0.1) is 0 Å². The molecule has 2 heterocycles. The van der Waals surface area contributed by atoms with E-state index in [1.54, 1.807) is 31.4 Å². The third-order valence-electron chi connectivity index (χ3n) is 5.26. The van der Waals surface area contributed by atoms with Crippen molar-refractivity contribution in [1.82, 2.24) is 4.90 Å². The molecule has 2 saturated heterocycles. The van der Waals surface area contributed by atoms with Crippen LogP contribution in [0.2, 0.25) is 0 Å². The summed E-state index contributed by atoms with van der Waals surface area (Å²) in [5.41, 5.74) is -0.0724. The Morgan fingerprint density at radius 2 is 2.00 bits per heavy atom. The first-order valence-electron chi connectivity index (χ1n) is 8.64. The first-order valence-corrected chi connectivity index (χ1v) is 8.64. The lowest BCUT2D eigenvalue weighted by molar-refractivity contribution is -0.189. The third kappa shape index (κ3) is 3.84. The summed E-state index contributed by atoms with van der Waals surface area (Å²) < 4.78 is 11.2. The van der Waals surface area contributed by atoms with Crippen LogP contribution in [0.25, 0.3) is 0 Å². The number of ether oxygens (including phenoxy) is 2. The van der Waals surface area contributed by atoms with Crippen LogP contribution in [0.1, 0.15) is 41.6 Å². The molecule has 0 saturated carbocycles. The molecule has 0 radical (unpaired) electrons. The van der Waals surface area contributed by atoms with E-state index in [0.29, 0.717) is 63.1 Å². The number of carbonyl (C=O) groups excluding carboxylic acids is 1. The van der Waals surface area contributed by atoms with Crippen molar-refractivity contribution < 1.29 is 19.4 Å². The Labute approximate surface area is 147 Å². The number of benzene rings is 1. The van der Waals surface area contributed by atoms with Gasteiger partial charge in [-0.3, -0.25) is 4.79 Å². The van der Waals surface area contributed by atoms with Crippen molar-refractivity contribution in [2.24, 2.45) is 0 Å². The van der Waals surface area contributed by atoms with Crippen LogP contribution in [-0.2, 0) is 9.47 Å². The topological polar surface area (TPSA) is 82.8 Å². The third-order valence-corrected chi connectivity index (χ3v) is 5.26. The van der Waals surface area contributed by atoms with Gasteiger partial charge in [0, 0.05) is 38.6 Å². The van der Waals surface area contributed by atoms with Gasteiger partial charge in [-0.1, -0.05) is 0 Å². The molecule has 6 heteroatoms. The zero-order valence-corrected chi connectivity index (χ0v) is 14.5. The van der Waals surface area contributed by atoms with Gasteiger partial charge in [-0.05, 0) is 37.1 Å². The monoisotopic (exact) mass is 344 g/mol. The number of piperidine rings is 1. The van der Waals surface area contributed by atoms with Gasteiger partial charge in [0.2, 0.25) is 0 Å². The largest absolute Gasteiger partial charge is 0.387 e. The molecule has 1 amide bonds. The van der Waals surface area contributed by atoms with Gasteiger partial charge in [0.05, 0.1) is 36.0 Å². The maximum absolute atomic E-state index is 12.6. The van der Waals surface area contributed by atoms with Crippen molar-refractivity contribution >= 4 is 5.91 Å². The molecular formula is C19H24N2O4. The Kier molecular flexibility index (Phi) is 5.09. The molecule has 134 valence electrons. The molecule has 2 aliphatic rings. The molecular weight excluding hydrogens is 320 g/mol. The number of nitriles is 1. The quantitative estimate of drug-likeness (QED) is 0.903. The summed E-state index contributed by atoms with van der Waals surface area (Å²) in [6.07, 6.45) is 2.55. The SMILES string of the molecule is COCC1(O)CCOC2(CCN(C(=O)c3ccc(C#N)cc3)CC2)C1. The highest BCUT2D eigenvalue weighted by Gasteiger charge is 2.47. The molecule has 0 aliphatic carbocycles. The summed E-state index contributed by atoms with van der Waals surface area (Å²) in [7, 11) is 1.60. The summed E-state index contributed by atoms with van der Waals surface area (Å²) in [6.45, 7) is 2.03. The number of amides is 1. The molecule has 1 spiro atoms. The zero-order chi connectivity index (χ0) is 17.9. The van der Waals surface area contributed by atoms with Crippen molar-refractivity contribution in [3.8, 4) is 6.07 Å². The van der Waals surface area contributed by atoms with Crippen LogP contribution in [0.5, 0.6) is 0 Å². The van der Waals surface area contributed by atoms with Crippen LogP contribution < -0.4 is 0 Å². The predicted octanol–water partition coefficient (Wildman–Crippen LogP) is 1.72. The Hall–Kier alpha value is -1.94. The summed E-state index contributed by atoms with van der Waals surface area (Å²) in [5, 5.41) is 19.5. The predicted molar refractivity (Wildman–Crippen MR) is 91.0 cm³/mol. The highest BCUT2D eigenvalue weighted by molar-refractivity contribution is 5.94. The van der Waals surface area contributed by atoms with E-state index in [-0.39, 0.29) is 11.5 Å². The van der Waals surface area contributed by atoms with E-state index in [4.69, 9.17) is 14.7 Å². The highest BCUT2D eigenvalue weighted by Crippen LogP contribution is 2.39. The second kappa shape index (κ2) is 7.12. The van der Waals surface area contributed by atoms with E-state index in [2.05, 4.69) is 6.07 Å². The van der Waals surface area contributed by atoms with Gasteiger partial charge in [0.25, 0.3) is 5.91 Å². The number of methoxy groups -OCH3 is 1. The molecule has 25 heavy (non-hydrogen) atoms. The maximum atomic E-state index is 12.6. The molecule has 3 rings (SSSR count). The van der Waals surface area contributed by atoms with Gasteiger partial charge in [-0.2, -0.15) is 5.26 Å². The highest BCUT2D eigenvalue weighted by atomic mass is 16.5. The second-order valence-electron chi connectivity index (χ2n) is 7.10. The molecule has 0 bridgehead atoms. The second-order valence-corrected chi connectivity index (χ2v) is 7.10. The number of aliphatic hydroxyl groups is 1. The molecule has 2 fully saturated rings. The van der Waals surface area contributed by atoms with Gasteiger partial charge >= 0.3 is 0 Å². The summed E-state index contributed by atoms with van der Waals surface area (Å²) in [5.74, 6) is -0.0256. The lowest BCUT2D eigenvalue weighted by Gasteiger charge is -2.49. The number of nitrogens with zero attached hydrogens (tertiary/aromatic N) is 2. The Balaban J connectivity index is 1.63. The van der Waals surface area contributed by atoms with Crippen molar-refractivity contribution in [2.75, 3.05) is 33.4 Å². The van der Waals surface area contributed by atoms with E-state index < -0.39 is 5.60 Å². The van der Waals surface area contributed by atoms with Crippen molar-refractivity contribution in [3.63, 3.8) is 0 Å². The molecule has 6 nitrogen and oxygen atoms in total. The van der Waals surface area contributed by atoms with Crippen molar-refractivity contribution in [3.05, 3.63) is 35.4 Å². The Bertz CT molecular complexity index is 655. The average molecular weight is 344 g/mol. The van der Waals surface area contributed by atoms with Crippen molar-refractivity contribution in [1.29, 1.82) is 5.26 Å². The Morgan fingerprint density at radius 3 is 2.60 bits per heavy atom. The molecule has 0 aromatic heterocycles. The van der Waals surface area contributed by atoms with E-state index in [9.17, 15) is 9.90 Å². The Morgan fingerprint density at radius 1 is 1.32 bits per heavy atom. The van der Waals surface area contributed by atoms with Crippen LogP contribution in [0, 0.1) is 11.3 Å². The van der Waals surface area contributed by atoms with Gasteiger partial charge in [0.1, 0.15) is 0 Å². The molecule has 1 atom stereocenters. The standard InChI is InChI=1S/C19H24N2O4/c1-24-14-18(23)8-11-25-19(13-18)6-9-21(10-7-19)17(22)16-4-2-15(12-20)3-5-16/h2-5,23H,6-11,13-14H2,1H3. The zero-order valence-electron chi connectivity index (χ0n) is 14.5. The van der Waals surface area contributed by atoms with E-state index in [0.717, 1.165) is 0 Å². The van der Waals surface area contributed by atoms with Crippen LogP contribution >= 0.6 is 0 Å². The molecule has 2 aliphatic heterocycles. The summed E-state index contributed by atoms with van der Waals surface area (Å²) >= 11 is 0. The minimum Gasteiger partial charge on any atom is -0.387 e. The van der Waals surface area contributed by atoms with Crippen LogP contribution in [0.15, 0.2) is 24.3 Å². The van der Waals surface area contributed by atoms with Gasteiger partial charge < -0.3 is 19.5 Å². The summed E-state index contributed by atoms with van der Waals surface area (Å²) in [6, 6.07) is 8.76. The number of likely N-dealkylation sites (tertiary alicyclic amines) is 1. The van der Waals surface area contributed by atoms with E-state index in [1.807, 2.05) is 4.90 Å². The number of rotatable bonds is 3. The summed E-state index contributed by atoms with van der Waals surface area (Å²) in [4.78, 5) is 14.5. The molecule has 1 aromatic rings. The van der Waals surface area contributed by atoms with Gasteiger partial charge in [0.15, 0.2) is 0 Å². The van der Waals surface area contributed by atoms with Crippen LogP contribution in [0.4, 0.5) is 0 Å². The first-order chi connectivity index (χ1) is 12.0. The average Bonchev–Trinajstić information content (AvgIpc) is 2.62. The van der Waals surface area contributed by atoms with Crippen LogP contribution in [-0.4, -0.2) is 60.5 Å². The first kappa shape index (κ1) is 17.9. The lowest BCUT2D eigenvalue weighted by Crippen LogP contribution is -2.56. The van der Waals surface area contributed by atoms with E-state index >= 15 is 0 Å². The smallest absolute Gasteiger partial charge is 0.253 e. The normalized spacial score (nSPS) is 25.6. The van der Waals surface area contributed by atoms with Crippen molar-refractivity contribution in [2.45, 2.75) is 36.9 Å².